The number of carbonyl (C=O) groups is 1. The summed E-state index contributed by atoms with van der Waals surface area (Å²) in [7, 11) is 2.46. The number of benzene rings is 2. The van der Waals surface area contributed by atoms with Gasteiger partial charge in [-0.3, -0.25) is 0 Å². The molecule has 27 heavy (non-hydrogen) atoms. The second-order valence-electron chi connectivity index (χ2n) is 5.29. The number of aromatic nitrogens is 2. The summed E-state index contributed by atoms with van der Waals surface area (Å²) >= 11 is 0. The molecule has 0 aliphatic carbocycles. The lowest BCUT2D eigenvalue weighted by Gasteiger charge is -2.13. The van der Waals surface area contributed by atoms with Crippen molar-refractivity contribution >= 4 is 5.97 Å². The van der Waals surface area contributed by atoms with Crippen molar-refractivity contribution in [1.29, 1.82) is 0 Å². The number of carboxylic acid groups (broad SMARTS) is 1. The summed E-state index contributed by atoms with van der Waals surface area (Å²) in [5.41, 5.74) is 1.09. The molecule has 7 nitrogen and oxygen atoms in total. The van der Waals surface area contributed by atoms with E-state index in [2.05, 4.69) is 9.97 Å². The van der Waals surface area contributed by atoms with E-state index in [0.717, 1.165) is 0 Å². The summed E-state index contributed by atoms with van der Waals surface area (Å²) in [6, 6.07) is 13.5. The number of methoxy groups -OCH3 is 2. The molecule has 3 aromatic rings. The normalized spacial score (nSPS) is 10.3. The first-order chi connectivity index (χ1) is 13.0. The molecule has 0 fully saturated rings. The van der Waals surface area contributed by atoms with Gasteiger partial charge in [-0.05, 0) is 17.2 Å². The Kier molecular flexibility index (Phi) is 5.16. The molecule has 0 aliphatic heterocycles. The molecule has 0 unspecified atom stereocenters. The fourth-order valence-corrected chi connectivity index (χ4v) is 2.50. The van der Waals surface area contributed by atoms with Gasteiger partial charge in [0.2, 0.25) is 5.82 Å². The summed E-state index contributed by atoms with van der Waals surface area (Å²) in [6.07, 6.45) is 0. The van der Waals surface area contributed by atoms with Gasteiger partial charge in [0.15, 0.2) is 0 Å². The second kappa shape index (κ2) is 7.69. The highest BCUT2D eigenvalue weighted by atomic mass is 19.1. The average Bonchev–Trinajstić information content (AvgIpc) is 2.69. The third-order valence-electron chi connectivity index (χ3n) is 3.68. The minimum absolute atomic E-state index is 0.000401. The molecule has 138 valence electrons. The number of aromatic carboxylic acids is 1. The molecule has 0 saturated heterocycles. The van der Waals surface area contributed by atoms with Crippen LogP contribution in [0.1, 0.15) is 10.4 Å². The van der Waals surface area contributed by atoms with Crippen molar-refractivity contribution in [2.45, 2.75) is 0 Å². The molecule has 1 aromatic heterocycles. The van der Waals surface area contributed by atoms with Crippen LogP contribution in [0.5, 0.6) is 23.5 Å². The lowest BCUT2D eigenvalue weighted by Crippen LogP contribution is -2.06. The highest BCUT2D eigenvalue weighted by Crippen LogP contribution is 2.34. The number of hydrogen-bond acceptors (Lipinski definition) is 6. The molecule has 0 aliphatic rings. The maximum atomic E-state index is 14.0. The minimum atomic E-state index is -1.19. The highest BCUT2D eigenvalue weighted by Gasteiger charge is 2.21. The zero-order valence-corrected chi connectivity index (χ0v) is 14.5. The summed E-state index contributed by atoms with van der Waals surface area (Å²) in [5.74, 6) is -2.84. The van der Waals surface area contributed by atoms with E-state index in [-0.39, 0.29) is 29.1 Å². The Morgan fingerprint density at radius 1 is 0.963 bits per heavy atom. The predicted molar refractivity (Wildman–Crippen MR) is 94.0 cm³/mol. The molecule has 1 N–H and O–H groups in total. The van der Waals surface area contributed by atoms with Gasteiger partial charge in [0.05, 0.1) is 14.2 Å². The molecule has 2 aromatic carbocycles. The van der Waals surface area contributed by atoms with Crippen LogP contribution in [0.3, 0.4) is 0 Å². The Labute approximate surface area is 154 Å². The lowest BCUT2D eigenvalue weighted by molar-refractivity contribution is 0.0695. The largest absolute Gasteiger partial charge is 0.479 e. The van der Waals surface area contributed by atoms with Crippen molar-refractivity contribution in [2.75, 3.05) is 14.2 Å². The van der Waals surface area contributed by atoms with Gasteiger partial charge in [-0.15, -0.1) is 0 Å². The van der Waals surface area contributed by atoms with E-state index in [4.69, 9.17) is 14.2 Å². The molecule has 0 saturated carbocycles. The van der Waals surface area contributed by atoms with Gasteiger partial charge in [0, 0.05) is 0 Å². The van der Waals surface area contributed by atoms with E-state index in [9.17, 15) is 14.3 Å². The van der Waals surface area contributed by atoms with Crippen molar-refractivity contribution in [2.24, 2.45) is 0 Å². The molecular formula is C19H15FN2O5. The van der Waals surface area contributed by atoms with Crippen molar-refractivity contribution in [3.05, 3.63) is 59.9 Å². The van der Waals surface area contributed by atoms with Crippen molar-refractivity contribution in [3.8, 4) is 34.6 Å². The molecule has 0 bridgehead atoms. The van der Waals surface area contributed by atoms with Crippen LogP contribution in [0.25, 0.3) is 11.1 Å². The molecule has 0 atom stereocenters. The predicted octanol–water partition coefficient (Wildman–Crippen LogP) is 3.79. The Morgan fingerprint density at radius 2 is 1.59 bits per heavy atom. The van der Waals surface area contributed by atoms with Gasteiger partial charge in [0.1, 0.15) is 11.3 Å². The molecule has 3 rings (SSSR count). The Hall–Kier alpha value is -3.68. The summed E-state index contributed by atoms with van der Waals surface area (Å²) < 4.78 is 29.2. The molecule has 8 heteroatoms. The van der Waals surface area contributed by atoms with Crippen molar-refractivity contribution in [1.82, 2.24) is 9.97 Å². The maximum absolute atomic E-state index is 14.0. The van der Waals surface area contributed by atoms with Crippen LogP contribution >= 0.6 is 0 Å². The monoisotopic (exact) mass is 370 g/mol. The zero-order chi connectivity index (χ0) is 19.4. The summed E-state index contributed by atoms with van der Waals surface area (Å²) in [5, 5.41) is 9.70. The number of carboxylic acids is 1. The fraction of sp³-hybridized carbons (Fsp3) is 0.105. The number of rotatable bonds is 6. The number of nitrogens with zero attached hydrogens (tertiary/aromatic N) is 2. The molecular weight excluding hydrogens is 355 g/mol. The van der Waals surface area contributed by atoms with Crippen LogP contribution < -0.4 is 14.2 Å². The maximum Gasteiger partial charge on any atom is 0.340 e. The van der Waals surface area contributed by atoms with Gasteiger partial charge in [-0.2, -0.15) is 14.4 Å². The average molecular weight is 370 g/mol. The number of halogens is 1. The van der Waals surface area contributed by atoms with Crippen LogP contribution in [-0.4, -0.2) is 35.3 Å². The van der Waals surface area contributed by atoms with Crippen LogP contribution in [0.2, 0.25) is 0 Å². The first-order valence-corrected chi connectivity index (χ1v) is 7.80. The summed E-state index contributed by atoms with van der Waals surface area (Å²) in [4.78, 5) is 19.5. The molecule has 0 amide bonds. The van der Waals surface area contributed by atoms with E-state index in [1.54, 1.807) is 36.4 Å². The van der Waals surface area contributed by atoms with Gasteiger partial charge >= 0.3 is 12.0 Å². The van der Waals surface area contributed by atoms with E-state index < -0.39 is 11.8 Å². The second-order valence-corrected chi connectivity index (χ2v) is 5.29. The van der Waals surface area contributed by atoms with Crippen molar-refractivity contribution in [3.63, 3.8) is 0 Å². The van der Waals surface area contributed by atoms with E-state index in [1.165, 1.54) is 20.3 Å². The number of ether oxygens (including phenoxy) is 3. The molecule has 0 spiro atoms. The van der Waals surface area contributed by atoms with Gasteiger partial charge in [0.25, 0.3) is 11.8 Å². The van der Waals surface area contributed by atoms with Gasteiger partial charge in [-0.25, -0.2) is 4.79 Å². The van der Waals surface area contributed by atoms with E-state index in [1.807, 2.05) is 6.07 Å². The van der Waals surface area contributed by atoms with Crippen molar-refractivity contribution < 1.29 is 28.5 Å². The number of hydrogen-bond donors (Lipinski definition) is 1. The Bertz CT molecular complexity index is 954. The first-order valence-electron chi connectivity index (χ1n) is 7.80. The lowest BCUT2D eigenvalue weighted by atomic mass is 9.99. The topological polar surface area (TPSA) is 90.8 Å². The third-order valence-corrected chi connectivity index (χ3v) is 3.68. The summed E-state index contributed by atoms with van der Waals surface area (Å²) in [6.45, 7) is 0. The van der Waals surface area contributed by atoms with Gasteiger partial charge in [-0.1, -0.05) is 42.5 Å². The first kappa shape index (κ1) is 18.1. The molecule has 0 radical (unpaired) electrons. The Morgan fingerprint density at radius 3 is 2.15 bits per heavy atom. The Balaban J connectivity index is 2.10. The highest BCUT2D eigenvalue weighted by molar-refractivity contribution is 5.99. The van der Waals surface area contributed by atoms with E-state index in [0.29, 0.717) is 11.1 Å². The van der Waals surface area contributed by atoms with E-state index >= 15 is 0 Å². The smallest absolute Gasteiger partial charge is 0.340 e. The molecule has 1 heterocycles. The van der Waals surface area contributed by atoms with Crippen LogP contribution in [0.4, 0.5) is 4.39 Å². The third kappa shape index (κ3) is 3.64. The zero-order valence-electron chi connectivity index (χ0n) is 14.5. The minimum Gasteiger partial charge on any atom is -0.479 e. The SMILES string of the molecule is COc1nc(Oc2cccc(-c3ccccc3)c2C(=O)O)nc(OC)c1F. The quantitative estimate of drug-likeness (QED) is 0.706. The van der Waals surface area contributed by atoms with Crippen LogP contribution in [0.15, 0.2) is 48.5 Å². The standard InChI is InChI=1S/C19H15FN2O5/c1-25-16-15(20)17(26-2)22-19(21-16)27-13-10-6-9-12(14(13)18(23)24)11-7-4-3-5-8-11/h3-10H,1-2H3,(H,23,24). The fourth-order valence-electron chi connectivity index (χ4n) is 2.50. The van der Waals surface area contributed by atoms with Gasteiger partial charge < -0.3 is 19.3 Å². The van der Waals surface area contributed by atoms with Crippen LogP contribution in [-0.2, 0) is 0 Å². The van der Waals surface area contributed by atoms with Crippen LogP contribution in [0, 0.1) is 5.82 Å².